The quantitative estimate of drug-likeness (QED) is 0.187. The molecule has 0 bridgehead atoms. The zero-order chi connectivity index (χ0) is 31.4. The molecule has 0 aliphatic carbocycles. The van der Waals surface area contributed by atoms with Gasteiger partial charge in [-0.3, -0.25) is 19.0 Å². The summed E-state index contributed by atoms with van der Waals surface area (Å²) in [6, 6.07) is 13.0. The number of nitrogens with two attached hydrogens (primary N) is 1. The topological polar surface area (TPSA) is 163 Å². The number of hydrogen-bond acceptors (Lipinski definition) is 9. The summed E-state index contributed by atoms with van der Waals surface area (Å²) in [4.78, 5) is 40.6. The molecule has 3 aromatic rings. The van der Waals surface area contributed by atoms with E-state index in [1.54, 1.807) is 17.0 Å². The van der Waals surface area contributed by atoms with Crippen molar-refractivity contribution in [3.8, 4) is 0 Å². The average molecular weight is 613 g/mol. The highest BCUT2D eigenvalue weighted by atomic mass is 16.5. The Kier molecular flexibility index (Phi) is 12.4. The van der Waals surface area contributed by atoms with Crippen molar-refractivity contribution in [1.29, 1.82) is 0 Å². The smallest absolute Gasteiger partial charge is 0.277 e. The number of ether oxygens (including phenoxy) is 3. The Morgan fingerprint density at radius 2 is 1.66 bits per heavy atom. The number of piperidine rings is 1. The van der Waals surface area contributed by atoms with E-state index in [9.17, 15) is 19.5 Å². The molecule has 1 saturated heterocycles. The minimum absolute atomic E-state index is 0.0479. The predicted octanol–water partition coefficient (Wildman–Crippen LogP) is 0.782. The fourth-order valence-corrected chi connectivity index (χ4v) is 5.20. The number of nitrogens with one attached hydrogen (secondary N) is 1. The molecular formula is C31H44N6O7. The number of benzene rings is 1. The summed E-state index contributed by atoms with van der Waals surface area (Å²) < 4.78 is 18.7. The molecule has 44 heavy (non-hydrogen) atoms. The molecule has 0 saturated carbocycles. The highest BCUT2D eigenvalue weighted by molar-refractivity contribution is 5.93. The van der Waals surface area contributed by atoms with E-state index in [-0.39, 0.29) is 47.6 Å². The fourth-order valence-electron chi connectivity index (χ4n) is 5.20. The third kappa shape index (κ3) is 9.19. The molecule has 4 N–H and O–H groups in total. The van der Waals surface area contributed by atoms with Gasteiger partial charge in [-0.05, 0) is 36.5 Å². The van der Waals surface area contributed by atoms with Crippen molar-refractivity contribution in [2.75, 3.05) is 65.8 Å². The second-order valence-electron chi connectivity index (χ2n) is 11.1. The van der Waals surface area contributed by atoms with Gasteiger partial charge in [-0.25, -0.2) is 4.52 Å². The van der Waals surface area contributed by atoms with Gasteiger partial charge in [-0.1, -0.05) is 37.3 Å². The summed E-state index contributed by atoms with van der Waals surface area (Å²) in [6.07, 6.45) is 2.44. The molecule has 1 atom stereocenters. The lowest BCUT2D eigenvalue weighted by atomic mass is 9.90. The third-order valence-electron chi connectivity index (χ3n) is 7.77. The van der Waals surface area contributed by atoms with E-state index in [4.69, 9.17) is 19.9 Å². The third-order valence-corrected chi connectivity index (χ3v) is 7.77. The molecule has 2 amide bonds. The van der Waals surface area contributed by atoms with Crippen LogP contribution in [0.1, 0.15) is 48.2 Å². The van der Waals surface area contributed by atoms with Crippen molar-refractivity contribution in [1.82, 2.24) is 24.4 Å². The number of rotatable bonds is 17. The van der Waals surface area contributed by atoms with Gasteiger partial charge in [0.1, 0.15) is 17.5 Å². The van der Waals surface area contributed by atoms with Crippen LogP contribution in [0.4, 0.5) is 0 Å². The van der Waals surface area contributed by atoms with E-state index < -0.39 is 5.60 Å². The van der Waals surface area contributed by atoms with Crippen LogP contribution < -0.4 is 16.6 Å². The van der Waals surface area contributed by atoms with Crippen LogP contribution in [0, 0.1) is 0 Å². The first kappa shape index (κ1) is 33.3. The molecule has 2 aromatic heterocycles. The molecule has 1 fully saturated rings. The van der Waals surface area contributed by atoms with Crippen molar-refractivity contribution in [2.45, 2.75) is 44.2 Å². The number of nitrogens with zero attached hydrogens (tertiary/aromatic N) is 4. The Balaban J connectivity index is 1.22. The lowest BCUT2D eigenvalue weighted by Gasteiger charge is -2.38. The van der Waals surface area contributed by atoms with Crippen molar-refractivity contribution < 1.29 is 28.9 Å². The van der Waals surface area contributed by atoms with Gasteiger partial charge in [-0.2, -0.15) is 5.10 Å². The van der Waals surface area contributed by atoms with Gasteiger partial charge in [-0.15, -0.1) is 0 Å². The van der Waals surface area contributed by atoms with Gasteiger partial charge in [0.15, 0.2) is 0 Å². The van der Waals surface area contributed by atoms with Crippen LogP contribution in [-0.2, 0) is 25.5 Å². The molecule has 1 aromatic carbocycles. The molecule has 0 unspecified atom stereocenters. The van der Waals surface area contributed by atoms with E-state index in [2.05, 4.69) is 10.4 Å². The molecule has 4 rings (SSSR count). The van der Waals surface area contributed by atoms with Gasteiger partial charge in [0, 0.05) is 32.6 Å². The van der Waals surface area contributed by atoms with Crippen molar-refractivity contribution in [2.24, 2.45) is 5.73 Å². The second-order valence-corrected chi connectivity index (χ2v) is 11.1. The maximum absolute atomic E-state index is 13.2. The van der Waals surface area contributed by atoms with Crippen molar-refractivity contribution in [3.63, 3.8) is 0 Å². The van der Waals surface area contributed by atoms with Gasteiger partial charge in [0.25, 0.3) is 11.5 Å². The van der Waals surface area contributed by atoms with Crippen LogP contribution in [-0.4, -0.2) is 107 Å². The number of likely N-dealkylation sites (tertiary alicyclic amines) is 1. The Morgan fingerprint density at radius 3 is 2.34 bits per heavy atom. The lowest BCUT2D eigenvalue weighted by Crippen LogP contribution is -2.50. The standard InChI is InChI=1S/C31H44N6O7/c1-24(25-5-3-2-4-6-25)21-28(38)35-13-9-31(41,10-14-35)22-36-23-34-37-26(7-8-27(37)30(36)40)29(39)33-12-16-43-18-20-44-19-17-42-15-11-32/h2-8,23-24,41H,9-22,32H2,1H3,(H,33,39)/t24-/m1/s1. The van der Waals surface area contributed by atoms with Crippen LogP contribution in [0.15, 0.2) is 53.6 Å². The Labute approximate surface area is 256 Å². The normalized spacial score (nSPS) is 15.4. The van der Waals surface area contributed by atoms with Crippen LogP contribution >= 0.6 is 0 Å². The van der Waals surface area contributed by atoms with Gasteiger partial charge >= 0.3 is 0 Å². The van der Waals surface area contributed by atoms with Crippen molar-refractivity contribution >= 4 is 17.3 Å². The number of hydrogen-bond donors (Lipinski definition) is 3. The number of amides is 2. The fraction of sp³-hybridized carbons (Fsp3) is 0.548. The summed E-state index contributed by atoms with van der Waals surface area (Å²) in [6.45, 7) is 6.22. The maximum atomic E-state index is 13.2. The second kappa shape index (κ2) is 16.5. The molecule has 13 heteroatoms. The number of carbonyl (C=O) groups is 2. The largest absolute Gasteiger partial charge is 0.388 e. The molecule has 240 valence electrons. The summed E-state index contributed by atoms with van der Waals surface area (Å²) in [5, 5.41) is 18.4. The maximum Gasteiger partial charge on any atom is 0.277 e. The van der Waals surface area contributed by atoms with Crippen LogP contribution in [0.3, 0.4) is 0 Å². The molecular weight excluding hydrogens is 568 g/mol. The summed E-state index contributed by atoms with van der Waals surface area (Å²) in [5.41, 5.74) is 5.40. The minimum atomic E-state index is -1.15. The number of aromatic nitrogens is 3. The lowest BCUT2D eigenvalue weighted by molar-refractivity contribution is -0.136. The van der Waals surface area contributed by atoms with Crippen LogP contribution in [0.5, 0.6) is 0 Å². The molecule has 13 nitrogen and oxygen atoms in total. The Hall–Kier alpha value is -3.62. The highest BCUT2D eigenvalue weighted by Crippen LogP contribution is 2.26. The highest BCUT2D eigenvalue weighted by Gasteiger charge is 2.35. The minimum Gasteiger partial charge on any atom is -0.388 e. The molecule has 0 spiro atoms. The molecule has 0 radical (unpaired) electrons. The number of fused-ring (bicyclic) bond motifs is 1. The SMILES string of the molecule is C[C@H](CC(=O)N1CCC(O)(Cn2cnn3c(C(=O)NCCOCCOCCOCCN)ccc3c2=O)CC1)c1ccccc1. The van der Waals surface area contributed by atoms with Gasteiger partial charge in [0.2, 0.25) is 5.91 Å². The first-order chi connectivity index (χ1) is 21.3. The zero-order valence-corrected chi connectivity index (χ0v) is 25.4. The van der Waals surface area contributed by atoms with Crippen LogP contribution in [0.25, 0.3) is 5.52 Å². The summed E-state index contributed by atoms with van der Waals surface area (Å²) >= 11 is 0. The summed E-state index contributed by atoms with van der Waals surface area (Å²) in [7, 11) is 0. The first-order valence-corrected chi connectivity index (χ1v) is 15.1. The van der Waals surface area contributed by atoms with Crippen molar-refractivity contribution in [3.05, 3.63) is 70.4 Å². The van der Waals surface area contributed by atoms with E-state index >= 15 is 0 Å². The Bertz CT molecular complexity index is 1400. The van der Waals surface area contributed by atoms with Crippen LogP contribution in [0.2, 0.25) is 0 Å². The van der Waals surface area contributed by atoms with E-state index in [1.165, 1.54) is 15.4 Å². The number of aliphatic hydroxyl groups is 1. The predicted molar refractivity (Wildman–Crippen MR) is 164 cm³/mol. The molecule has 1 aliphatic heterocycles. The number of carbonyl (C=O) groups excluding carboxylic acids is 2. The Morgan fingerprint density at radius 1 is 1.00 bits per heavy atom. The monoisotopic (exact) mass is 612 g/mol. The zero-order valence-electron chi connectivity index (χ0n) is 25.4. The van der Waals surface area contributed by atoms with E-state index in [1.807, 2.05) is 37.3 Å². The molecule has 1 aliphatic rings. The first-order valence-electron chi connectivity index (χ1n) is 15.1. The van der Waals surface area contributed by atoms with E-state index in [0.717, 1.165) is 5.56 Å². The summed E-state index contributed by atoms with van der Waals surface area (Å²) in [5.74, 6) is -0.223. The van der Waals surface area contributed by atoms with E-state index in [0.29, 0.717) is 78.5 Å². The molecule has 3 heterocycles. The van der Waals surface area contributed by atoms with Gasteiger partial charge < -0.3 is 35.3 Å². The van der Waals surface area contributed by atoms with Gasteiger partial charge in [0.05, 0.1) is 51.8 Å². The average Bonchev–Trinajstić information content (AvgIpc) is 3.47.